The van der Waals surface area contributed by atoms with Gasteiger partial charge in [0.05, 0.1) is 65.1 Å². The Morgan fingerprint density at radius 3 is 1.17 bits per heavy atom. The minimum absolute atomic E-state index is 0.0135. The topological polar surface area (TPSA) is 194 Å². The van der Waals surface area contributed by atoms with E-state index >= 15 is 0 Å². The van der Waals surface area contributed by atoms with Crippen molar-refractivity contribution in [2.75, 3.05) is 52.7 Å². The molecule has 0 fully saturated rings. The van der Waals surface area contributed by atoms with E-state index in [9.17, 15) is 19.8 Å². The lowest BCUT2D eigenvalue weighted by Gasteiger charge is -2.19. The fraction of sp³-hybridized carbons (Fsp3) is 0.600. The summed E-state index contributed by atoms with van der Waals surface area (Å²) in [5, 5.41) is 40.9. The summed E-state index contributed by atoms with van der Waals surface area (Å²) < 4.78 is 33.5. The van der Waals surface area contributed by atoms with Gasteiger partial charge in [0.25, 0.3) is 0 Å². The lowest BCUT2D eigenvalue weighted by Crippen LogP contribution is -2.37. The maximum Gasteiger partial charge on any atom is 0.328 e. The summed E-state index contributed by atoms with van der Waals surface area (Å²) in [6, 6.07) is 16.3. The zero-order valence-corrected chi connectivity index (χ0v) is 33.4. The first-order valence-electron chi connectivity index (χ1n) is 18.4. The summed E-state index contributed by atoms with van der Waals surface area (Å²) in [6.07, 6.45) is 1.10. The van der Waals surface area contributed by atoms with Crippen LogP contribution in [-0.2, 0) is 41.8 Å². The lowest BCUT2D eigenvalue weighted by molar-refractivity contribution is -0.134. The number of benzene rings is 2. The smallest absolute Gasteiger partial charge is 0.328 e. The number of nitrogens with one attached hydrogen (secondary N) is 2. The van der Waals surface area contributed by atoms with Crippen molar-refractivity contribution in [3.8, 4) is 11.5 Å². The van der Waals surface area contributed by atoms with Crippen LogP contribution in [0.5, 0.6) is 11.5 Å². The van der Waals surface area contributed by atoms with Crippen LogP contribution < -0.4 is 20.1 Å². The van der Waals surface area contributed by atoms with Gasteiger partial charge in [0.1, 0.15) is 23.7 Å². The number of aliphatic hydroxyl groups is 2. The van der Waals surface area contributed by atoms with Crippen molar-refractivity contribution in [1.29, 1.82) is 0 Å². The van der Waals surface area contributed by atoms with Gasteiger partial charge in [0.2, 0.25) is 0 Å². The second-order valence-electron chi connectivity index (χ2n) is 13.2. The summed E-state index contributed by atoms with van der Waals surface area (Å²) in [5.41, 5.74) is 2.17. The summed E-state index contributed by atoms with van der Waals surface area (Å²) in [7, 11) is 0. The second kappa shape index (κ2) is 31.7. The molecule has 54 heavy (non-hydrogen) atoms. The molecule has 0 heterocycles. The molecule has 0 saturated heterocycles. The first-order chi connectivity index (χ1) is 25.6. The number of hydrogen-bond donors (Lipinski definition) is 6. The molecule has 0 aliphatic carbocycles. The standard InChI is InChI=1S/2C18H31NO4.C4H4O4/c2*1-14(2)19-11-18(12-20)23-17-7-5-16(6-8-17)13-21-9-10-22-15(3)4;5-3(6)1-2-4(7)8/h2*5-8,14-15,18-20H,9-13H2,1-4H3;1-2H,(H,5,6)(H,7,8)/b;;2-1+. The predicted octanol–water partition coefficient (Wildman–Crippen LogP) is 4.44. The molecule has 2 rings (SSSR count). The highest BCUT2D eigenvalue weighted by Gasteiger charge is 2.11. The molecule has 0 radical (unpaired) electrons. The monoisotopic (exact) mass is 766 g/mol. The quantitative estimate of drug-likeness (QED) is 0.0581. The highest BCUT2D eigenvalue weighted by Crippen LogP contribution is 2.16. The third-order valence-electron chi connectivity index (χ3n) is 6.63. The number of aliphatic hydroxyl groups excluding tert-OH is 2. The highest BCUT2D eigenvalue weighted by atomic mass is 16.5. The third-order valence-corrected chi connectivity index (χ3v) is 6.63. The number of ether oxygens (including phenoxy) is 6. The van der Waals surface area contributed by atoms with Gasteiger partial charge in [-0.25, -0.2) is 9.59 Å². The van der Waals surface area contributed by atoms with Crippen LogP contribution in [0.15, 0.2) is 60.7 Å². The molecular weight excluding hydrogens is 700 g/mol. The first kappa shape index (κ1) is 50.4. The van der Waals surface area contributed by atoms with Gasteiger partial charge in [-0.1, -0.05) is 52.0 Å². The lowest BCUT2D eigenvalue weighted by atomic mass is 10.2. The second-order valence-corrected chi connectivity index (χ2v) is 13.2. The van der Waals surface area contributed by atoms with Crippen molar-refractivity contribution < 1.29 is 58.4 Å². The molecular formula is C40H66N2O12. The summed E-state index contributed by atoms with van der Waals surface area (Å²) in [5.74, 6) is -1.01. The molecule has 14 heteroatoms. The molecule has 6 N–H and O–H groups in total. The van der Waals surface area contributed by atoms with Gasteiger partial charge in [-0.05, 0) is 63.1 Å². The van der Waals surface area contributed by atoms with E-state index in [1.54, 1.807) is 0 Å². The molecule has 2 atom stereocenters. The Kier molecular flexibility index (Phi) is 29.6. The number of hydrogen-bond acceptors (Lipinski definition) is 12. The van der Waals surface area contributed by atoms with Crippen LogP contribution in [0.2, 0.25) is 0 Å². The van der Waals surface area contributed by atoms with Crippen LogP contribution in [0.3, 0.4) is 0 Å². The zero-order chi connectivity index (χ0) is 40.7. The average molecular weight is 767 g/mol. The molecule has 2 unspecified atom stereocenters. The van der Waals surface area contributed by atoms with Crippen molar-refractivity contribution in [2.45, 2.75) is 105 Å². The van der Waals surface area contributed by atoms with Crippen LogP contribution in [0.4, 0.5) is 0 Å². The van der Waals surface area contributed by atoms with Crippen molar-refractivity contribution in [2.24, 2.45) is 0 Å². The van der Waals surface area contributed by atoms with Gasteiger partial charge >= 0.3 is 11.9 Å². The van der Waals surface area contributed by atoms with Gasteiger partial charge in [0.15, 0.2) is 0 Å². The van der Waals surface area contributed by atoms with E-state index in [1.165, 1.54) is 0 Å². The van der Waals surface area contributed by atoms with Gasteiger partial charge in [-0.15, -0.1) is 0 Å². The zero-order valence-electron chi connectivity index (χ0n) is 33.4. The number of carboxylic acid groups (broad SMARTS) is 2. The normalized spacial score (nSPS) is 12.3. The largest absolute Gasteiger partial charge is 0.487 e. The van der Waals surface area contributed by atoms with Gasteiger partial charge < -0.3 is 59.5 Å². The highest BCUT2D eigenvalue weighted by molar-refractivity contribution is 5.89. The van der Waals surface area contributed by atoms with Gasteiger partial charge in [-0.2, -0.15) is 0 Å². The molecule has 2 aromatic carbocycles. The van der Waals surface area contributed by atoms with Crippen molar-refractivity contribution in [1.82, 2.24) is 10.6 Å². The Morgan fingerprint density at radius 2 is 0.907 bits per heavy atom. The molecule has 14 nitrogen and oxygen atoms in total. The maximum absolute atomic E-state index is 9.55. The van der Waals surface area contributed by atoms with Crippen LogP contribution in [0.1, 0.15) is 66.5 Å². The Hall–Kier alpha value is -3.60. The molecule has 0 spiro atoms. The molecule has 0 amide bonds. The molecule has 0 aromatic heterocycles. The van der Waals surface area contributed by atoms with E-state index in [0.29, 0.717) is 77.0 Å². The van der Waals surface area contributed by atoms with Crippen LogP contribution in [0.25, 0.3) is 0 Å². The number of carboxylic acids is 2. The van der Waals surface area contributed by atoms with Crippen molar-refractivity contribution >= 4 is 11.9 Å². The molecule has 0 bridgehead atoms. The first-order valence-corrected chi connectivity index (χ1v) is 18.4. The van der Waals surface area contributed by atoms with E-state index in [0.717, 1.165) is 22.6 Å². The minimum Gasteiger partial charge on any atom is -0.487 e. The van der Waals surface area contributed by atoms with E-state index in [4.69, 9.17) is 38.6 Å². The van der Waals surface area contributed by atoms with Gasteiger partial charge in [-0.3, -0.25) is 0 Å². The van der Waals surface area contributed by atoms with Crippen molar-refractivity contribution in [3.05, 3.63) is 71.8 Å². The number of rotatable bonds is 26. The molecule has 0 aliphatic heterocycles. The van der Waals surface area contributed by atoms with E-state index in [-0.39, 0.29) is 37.6 Å². The molecule has 2 aromatic rings. The Morgan fingerprint density at radius 1 is 0.574 bits per heavy atom. The SMILES string of the molecule is CC(C)NCC(CO)Oc1ccc(COCCOC(C)C)cc1.CC(C)NCC(CO)Oc1ccc(COCCOC(C)C)cc1.O=C(O)/C=C/C(=O)O. The Bertz CT molecular complexity index is 1140. The average Bonchev–Trinajstić information content (AvgIpc) is 3.12. The Labute approximate surface area is 321 Å². The van der Waals surface area contributed by atoms with E-state index in [1.807, 2.05) is 76.2 Å². The summed E-state index contributed by atoms with van der Waals surface area (Å²) in [4.78, 5) is 19.1. The predicted molar refractivity (Wildman–Crippen MR) is 208 cm³/mol. The Balaban J connectivity index is 0.000000867. The van der Waals surface area contributed by atoms with Crippen LogP contribution in [0, 0.1) is 0 Å². The van der Waals surface area contributed by atoms with Crippen LogP contribution >= 0.6 is 0 Å². The molecule has 308 valence electrons. The third kappa shape index (κ3) is 30.8. The fourth-order valence-electron chi connectivity index (χ4n) is 3.94. The van der Waals surface area contributed by atoms with Crippen molar-refractivity contribution in [3.63, 3.8) is 0 Å². The number of aliphatic carboxylic acids is 2. The minimum atomic E-state index is -1.26. The maximum atomic E-state index is 9.55. The molecule has 0 aliphatic rings. The molecule has 0 saturated carbocycles. The van der Waals surface area contributed by atoms with E-state index in [2.05, 4.69) is 38.3 Å². The van der Waals surface area contributed by atoms with E-state index < -0.39 is 11.9 Å². The van der Waals surface area contributed by atoms with Gasteiger partial charge in [0, 0.05) is 37.3 Å². The van der Waals surface area contributed by atoms with Crippen LogP contribution in [-0.4, -0.2) is 122 Å². The fourth-order valence-corrected chi connectivity index (χ4v) is 3.94. The number of carbonyl (C=O) groups is 2. The summed E-state index contributed by atoms with van der Waals surface area (Å²) >= 11 is 0. The summed E-state index contributed by atoms with van der Waals surface area (Å²) in [6.45, 7) is 21.0.